The summed E-state index contributed by atoms with van der Waals surface area (Å²) in [5.74, 6) is -2.88. The number of hydrogen-bond donors (Lipinski definition) is 4. The molecular weight excluding hydrogens is 796 g/mol. The van der Waals surface area contributed by atoms with Crippen molar-refractivity contribution in [3.63, 3.8) is 0 Å². The van der Waals surface area contributed by atoms with Crippen LogP contribution >= 0.6 is 45.9 Å². The largest absolute Gasteiger partial charge is 0.480 e. The van der Waals surface area contributed by atoms with Gasteiger partial charge in [-0.05, 0) is 36.4 Å². The van der Waals surface area contributed by atoms with Crippen LogP contribution in [-0.4, -0.2) is 53.1 Å². The number of benzene rings is 4. The Kier molecular flexibility index (Phi) is 11.2. The molecular formula is C40H28Cl2N6O6S2. The average Bonchev–Trinajstić information content (AvgIpc) is 3.99. The monoisotopic (exact) mass is 822 g/mol. The van der Waals surface area contributed by atoms with Crippen molar-refractivity contribution in [1.29, 1.82) is 0 Å². The predicted molar refractivity (Wildman–Crippen MR) is 220 cm³/mol. The Morgan fingerprint density at radius 3 is 1.34 bits per heavy atom. The molecule has 0 atom stereocenters. The predicted octanol–water partition coefficient (Wildman–Crippen LogP) is 9.51. The Balaban J connectivity index is 0.000000172. The van der Waals surface area contributed by atoms with Gasteiger partial charge in [0.25, 0.3) is 11.8 Å². The fourth-order valence-electron chi connectivity index (χ4n) is 5.98. The molecule has 8 rings (SSSR count). The number of aliphatic carboxylic acids is 2. The lowest BCUT2D eigenvalue weighted by atomic mass is 10.2. The van der Waals surface area contributed by atoms with Gasteiger partial charge in [0.05, 0.1) is 11.4 Å². The molecule has 0 saturated carbocycles. The fourth-order valence-corrected chi connectivity index (χ4v) is 7.85. The van der Waals surface area contributed by atoms with Crippen LogP contribution in [0.4, 0.5) is 10.3 Å². The first-order chi connectivity index (χ1) is 27.0. The summed E-state index contributed by atoms with van der Waals surface area (Å²) < 4.78 is 2.96. The van der Waals surface area contributed by atoms with Crippen LogP contribution in [-0.2, 0) is 22.7 Å². The van der Waals surface area contributed by atoms with Crippen LogP contribution in [0, 0.1) is 0 Å². The van der Waals surface area contributed by atoms with Crippen molar-refractivity contribution in [1.82, 2.24) is 19.1 Å². The molecule has 0 bridgehead atoms. The van der Waals surface area contributed by atoms with E-state index in [-0.39, 0.29) is 24.5 Å². The molecule has 0 aliphatic carbocycles. The highest BCUT2D eigenvalue weighted by atomic mass is 35.5. The number of halogens is 2. The Morgan fingerprint density at radius 1 is 0.571 bits per heavy atom. The number of aromatic nitrogens is 4. The minimum atomic E-state index is -1.02. The highest BCUT2D eigenvalue weighted by Gasteiger charge is 2.21. The molecule has 0 unspecified atom stereocenters. The second-order valence-electron chi connectivity index (χ2n) is 12.1. The number of fused-ring (bicyclic) bond motifs is 2. The third kappa shape index (κ3) is 8.33. The van der Waals surface area contributed by atoms with Crippen LogP contribution in [0.1, 0.15) is 21.0 Å². The number of nitrogens with one attached hydrogen (secondary N) is 2. The maximum Gasteiger partial charge on any atom is 0.323 e. The van der Waals surface area contributed by atoms with E-state index in [9.17, 15) is 29.4 Å². The number of thiazole rings is 2. The average molecular weight is 824 g/mol. The molecule has 12 nitrogen and oxygen atoms in total. The van der Waals surface area contributed by atoms with Crippen molar-refractivity contribution in [2.75, 3.05) is 10.6 Å². The van der Waals surface area contributed by atoms with Gasteiger partial charge in [-0.3, -0.25) is 29.8 Å². The van der Waals surface area contributed by atoms with E-state index >= 15 is 0 Å². The van der Waals surface area contributed by atoms with Gasteiger partial charge < -0.3 is 19.3 Å². The van der Waals surface area contributed by atoms with Crippen LogP contribution in [0.15, 0.2) is 120 Å². The number of anilines is 2. The van der Waals surface area contributed by atoms with Gasteiger partial charge in [-0.1, -0.05) is 96.0 Å². The van der Waals surface area contributed by atoms with Crippen molar-refractivity contribution in [2.24, 2.45) is 0 Å². The molecule has 4 aromatic carbocycles. The van der Waals surface area contributed by atoms with Gasteiger partial charge in [-0.25, -0.2) is 9.97 Å². The van der Waals surface area contributed by atoms with E-state index in [2.05, 4.69) is 20.6 Å². The first-order valence-corrected chi connectivity index (χ1v) is 19.2. The summed E-state index contributed by atoms with van der Waals surface area (Å²) >= 11 is 15.0. The summed E-state index contributed by atoms with van der Waals surface area (Å²) in [6, 6.07) is 32.5. The van der Waals surface area contributed by atoms with Gasteiger partial charge in [0.15, 0.2) is 10.3 Å². The van der Waals surface area contributed by atoms with Gasteiger partial charge in [-0.15, -0.1) is 22.7 Å². The second kappa shape index (κ2) is 16.6. The Hall–Kier alpha value is -6.32. The van der Waals surface area contributed by atoms with Crippen molar-refractivity contribution in [2.45, 2.75) is 13.1 Å². The Bertz CT molecular complexity index is 2580. The van der Waals surface area contributed by atoms with E-state index in [1.54, 1.807) is 48.5 Å². The number of carbonyl (C=O) groups is 4. The minimum absolute atomic E-state index is 0.262. The maximum atomic E-state index is 12.8. The van der Waals surface area contributed by atoms with E-state index in [0.717, 1.165) is 21.9 Å². The third-order valence-electron chi connectivity index (χ3n) is 8.42. The van der Waals surface area contributed by atoms with E-state index in [1.165, 1.54) is 31.8 Å². The zero-order valence-corrected chi connectivity index (χ0v) is 32.0. The summed E-state index contributed by atoms with van der Waals surface area (Å²) in [5.41, 5.74) is 4.78. The van der Waals surface area contributed by atoms with Crippen LogP contribution in [0.2, 0.25) is 10.0 Å². The lowest BCUT2D eigenvalue weighted by Gasteiger charge is -2.07. The van der Waals surface area contributed by atoms with E-state index in [1.807, 2.05) is 71.4 Å². The van der Waals surface area contributed by atoms with Crippen molar-refractivity contribution >= 4 is 102 Å². The van der Waals surface area contributed by atoms with Crippen LogP contribution < -0.4 is 10.6 Å². The highest BCUT2D eigenvalue weighted by molar-refractivity contribution is 7.14. The lowest BCUT2D eigenvalue weighted by molar-refractivity contribution is -0.138. The molecule has 4 heterocycles. The number of carboxylic acids is 2. The molecule has 8 aromatic rings. The molecule has 2 amide bonds. The maximum absolute atomic E-state index is 12.8. The highest BCUT2D eigenvalue weighted by Crippen LogP contribution is 2.32. The van der Waals surface area contributed by atoms with Gasteiger partial charge in [0.2, 0.25) is 0 Å². The van der Waals surface area contributed by atoms with Crippen LogP contribution in [0.3, 0.4) is 0 Å². The quantitative estimate of drug-likeness (QED) is 0.106. The molecule has 0 radical (unpaired) electrons. The number of para-hydroxylation sites is 2. The fraction of sp³-hybridized carbons (Fsp3) is 0.0500. The molecule has 0 aliphatic rings. The summed E-state index contributed by atoms with van der Waals surface area (Å²) in [4.78, 5) is 57.0. The summed E-state index contributed by atoms with van der Waals surface area (Å²) in [5, 5.41) is 31.1. The molecule has 4 N–H and O–H groups in total. The lowest BCUT2D eigenvalue weighted by Crippen LogP contribution is -2.19. The molecule has 0 saturated heterocycles. The molecule has 56 heavy (non-hydrogen) atoms. The zero-order valence-electron chi connectivity index (χ0n) is 28.8. The SMILES string of the molecule is O=C(O)Cn1c(C(=O)Nc2nc(-c3ccccc3Cl)cs2)cc2ccccc21.O=C(O)Cn1c(C(=O)Nc2nc(-c3ccccc3Cl)cs2)cc2ccccc21. The standard InChI is InChI=1S/2C20H14ClN3O3S/c2*21-14-7-3-2-6-13(14)15-11-28-20(22-15)23-19(27)17-9-12-5-1-4-8-16(12)24(17)10-18(25)26/h2*1-9,11H,10H2,(H,25,26)(H,22,23,27). The zero-order chi connectivity index (χ0) is 39.3. The number of rotatable bonds is 10. The van der Waals surface area contributed by atoms with Crippen LogP contribution in [0.25, 0.3) is 44.3 Å². The molecule has 16 heteroatoms. The summed E-state index contributed by atoms with van der Waals surface area (Å²) in [6.07, 6.45) is 0. The molecule has 0 aliphatic heterocycles. The van der Waals surface area contributed by atoms with Crippen molar-refractivity contribution in [3.8, 4) is 22.5 Å². The van der Waals surface area contributed by atoms with Gasteiger partial charge in [0, 0.05) is 53.7 Å². The topological polar surface area (TPSA) is 168 Å². The molecule has 0 fully saturated rings. The van der Waals surface area contributed by atoms with Gasteiger partial charge in [0.1, 0.15) is 24.5 Å². The minimum Gasteiger partial charge on any atom is -0.480 e. The van der Waals surface area contributed by atoms with Crippen molar-refractivity contribution in [3.05, 3.63) is 141 Å². The first kappa shape index (κ1) is 38.0. The number of nitrogens with zero attached hydrogens (tertiary/aromatic N) is 4. The second-order valence-corrected chi connectivity index (χ2v) is 14.6. The third-order valence-corrected chi connectivity index (χ3v) is 10.6. The number of hydrogen-bond acceptors (Lipinski definition) is 8. The van der Waals surface area contributed by atoms with Gasteiger partial charge in [-0.2, -0.15) is 0 Å². The van der Waals surface area contributed by atoms with E-state index in [4.69, 9.17) is 23.2 Å². The van der Waals surface area contributed by atoms with Crippen LogP contribution in [0.5, 0.6) is 0 Å². The summed E-state index contributed by atoms with van der Waals surface area (Å²) in [7, 11) is 0. The molecule has 4 aromatic heterocycles. The van der Waals surface area contributed by atoms with E-state index < -0.39 is 23.8 Å². The Labute approximate surface area is 336 Å². The Morgan fingerprint density at radius 2 is 0.946 bits per heavy atom. The normalized spacial score (nSPS) is 10.9. The molecule has 280 valence electrons. The van der Waals surface area contributed by atoms with E-state index in [0.29, 0.717) is 42.7 Å². The van der Waals surface area contributed by atoms with Gasteiger partial charge >= 0.3 is 11.9 Å². The number of amides is 2. The van der Waals surface area contributed by atoms with Crippen molar-refractivity contribution < 1.29 is 29.4 Å². The molecule has 0 spiro atoms. The first-order valence-electron chi connectivity index (χ1n) is 16.7. The number of carbonyl (C=O) groups excluding carboxylic acids is 2. The summed E-state index contributed by atoms with van der Waals surface area (Å²) in [6.45, 7) is -0.613. The number of carboxylic acid groups (broad SMARTS) is 2. The smallest absolute Gasteiger partial charge is 0.323 e.